The fourth-order valence-electron chi connectivity index (χ4n) is 1.22. The molecular weight excluding hydrogens is 188 g/mol. The van der Waals surface area contributed by atoms with Crippen molar-refractivity contribution in [1.29, 1.82) is 0 Å². The second-order valence-corrected chi connectivity index (χ2v) is 4.62. The van der Waals surface area contributed by atoms with E-state index in [9.17, 15) is 0 Å². The van der Waals surface area contributed by atoms with Crippen molar-refractivity contribution >= 4 is 14.9 Å². The number of benzene rings is 1. The van der Waals surface area contributed by atoms with Crippen molar-refractivity contribution in [3.63, 3.8) is 0 Å². The molecule has 0 N–H and O–H groups in total. The minimum Gasteiger partial charge on any atom is -0.550 e. The minimum absolute atomic E-state index is 0.617. The average Bonchev–Trinajstić information content (AvgIpc) is 2.19. The Labute approximate surface area is 88.1 Å². The summed E-state index contributed by atoms with van der Waals surface area (Å²) < 4.78 is 5.48. The molecule has 1 aromatic carbocycles. The first kappa shape index (κ1) is 10.8. The maximum Gasteiger partial charge on any atom is 0.250 e. The van der Waals surface area contributed by atoms with Crippen molar-refractivity contribution in [3.8, 4) is 0 Å². The topological polar surface area (TPSA) is 9.23 Å². The molecule has 0 radical (unpaired) electrons. The maximum atomic E-state index is 5.48. The lowest BCUT2D eigenvalue weighted by molar-refractivity contribution is 0.524. The highest BCUT2D eigenvalue weighted by Crippen LogP contribution is 2.01. The van der Waals surface area contributed by atoms with Crippen molar-refractivity contribution in [1.82, 2.24) is 0 Å². The molecule has 0 aliphatic carbocycles. The number of aryl methyl sites for hydroxylation is 1. The third-order valence-electron chi connectivity index (χ3n) is 2.27. The SMILES string of the molecule is C=CC=CO[SiH2]c1cccc(C)c1C. The number of hydrogen-bond donors (Lipinski definition) is 0. The van der Waals surface area contributed by atoms with Crippen LogP contribution in [0.2, 0.25) is 0 Å². The van der Waals surface area contributed by atoms with E-state index in [-0.39, 0.29) is 0 Å². The first-order valence-electron chi connectivity index (χ1n) is 4.70. The van der Waals surface area contributed by atoms with Crippen molar-refractivity contribution in [3.05, 3.63) is 54.3 Å². The minimum atomic E-state index is -0.617. The van der Waals surface area contributed by atoms with Gasteiger partial charge < -0.3 is 4.43 Å². The summed E-state index contributed by atoms with van der Waals surface area (Å²) in [6.07, 6.45) is 5.26. The van der Waals surface area contributed by atoms with Crippen LogP contribution in [0, 0.1) is 13.8 Å². The Morgan fingerprint density at radius 2 is 2.14 bits per heavy atom. The molecular formula is C12H16OSi. The molecule has 0 fully saturated rings. The van der Waals surface area contributed by atoms with Crippen LogP contribution in [0.5, 0.6) is 0 Å². The van der Waals surface area contributed by atoms with Crippen LogP contribution in [0.4, 0.5) is 0 Å². The van der Waals surface area contributed by atoms with Gasteiger partial charge in [0.15, 0.2) is 0 Å². The van der Waals surface area contributed by atoms with Gasteiger partial charge in [-0.05, 0) is 36.2 Å². The average molecular weight is 204 g/mol. The highest BCUT2D eigenvalue weighted by molar-refractivity contribution is 6.47. The maximum absolute atomic E-state index is 5.48. The molecule has 0 saturated carbocycles. The molecule has 0 heterocycles. The lowest BCUT2D eigenvalue weighted by Crippen LogP contribution is -2.19. The first-order chi connectivity index (χ1) is 6.75. The van der Waals surface area contributed by atoms with E-state index in [1.54, 1.807) is 12.3 Å². The van der Waals surface area contributed by atoms with Crippen LogP contribution >= 0.6 is 0 Å². The summed E-state index contributed by atoms with van der Waals surface area (Å²) in [5, 5.41) is 1.37. The molecule has 0 aliphatic heterocycles. The first-order valence-corrected chi connectivity index (χ1v) is 5.98. The number of hydrogen-bond acceptors (Lipinski definition) is 1. The van der Waals surface area contributed by atoms with Gasteiger partial charge in [0.05, 0.1) is 6.26 Å². The highest BCUT2D eigenvalue weighted by atomic mass is 28.2. The van der Waals surface area contributed by atoms with Crippen molar-refractivity contribution in [2.24, 2.45) is 0 Å². The summed E-state index contributed by atoms with van der Waals surface area (Å²) in [6, 6.07) is 6.37. The number of rotatable bonds is 4. The fraction of sp³-hybridized carbons (Fsp3) is 0.167. The molecule has 0 amide bonds. The smallest absolute Gasteiger partial charge is 0.250 e. The third kappa shape index (κ3) is 2.89. The van der Waals surface area contributed by atoms with Crippen LogP contribution < -0.4 is 5.19 Å². The van der Waals surface area contributed by atoms with E-state index in [1.165, 1.54) is 16.3 Å². The van der Waals surface area contributed by atoms with E-state index < -0.39 is 9.76 Å². The van der Waals surface area contributed by atoms with Gasteiger partial charge in [-0.3, -0.25) is 0 Å². The summed E-state index contributed by atoms with van der Waals surface area (Å²) in [5.74, 6) is 0. The van der Waals surface area contributed by atoms with Crippen LogP contribution in [0.25, 0.3) is 0 Å². The zero-order chi connectivity index (χ0) is 10.4. The molecule has 1 nitrogen and oxygen atoms in total. The van der Waals surface area contributed by atoms with Crippen molar-refractivity contribution < 1.29 is 4.43 Å². The Kier molecular flexibility index (Phi) is 4.20. The van der Waals surface area contributed by atoms with E-state index in [4.69, 9.17) is 4.43 Å². The molecule has 14 heavy (non-hydrogen) atoms. The van der Waals surface area contributed by atoms with E-state index >= 15 is 0 Å². The quantitative estimate of drug-likeness (QED) is 0.412. The second-order valence-electron chi connectivity index (χ2n) is 3.23. The third-order valence-corrected chi connectivity index (χ3v) is 3.70. The molecule has 0 bridgehead atoms. The summed E-state index contributed by atoms with van der Waals surface area (Å²) in [5.41, 5.74) is 2.71. The molecule has 0 spiro atoms. The predicted molar refractivity (Wildman–Crippen MR) is 64.5 cm³/mol. The lowest BCUT2D eigenvalue weighted by Gasteiger charge is -2.06. The van der Waals surface area contributed by atoms with Crippen molar-refractivity contribution in [2.45, 2.75) is 13.8 Å². The monoisotopic (exact) mass is 204 g/mol. The molecule has 0 atom stereocenters. The molecule has 0 unspecified atom stereocenters. The zero-order valence-corrected chi connectivity index (χ0v) is 10.2. The molecule has 1 aromatic rings. The Balaban J connectivity index is 2.63. The molecule has 0 saturated heterocycles. The highest BCUT2D eigenvalue weighted by Gasteiger charge is 2.00. The number of allylic oxidation sites excluding steroid dienone is 2. The molecule has 2 heteroatoms. The van der Waals surface area contributed by atoms with Gasteiger partial charge in [-0.2, -0.15) is 0 Å². The van der Waals surface area contributed by atoms with Crippen LogP contribution in [0.15, 0.2) is 43.2 Å². The normalized spacial score (nSPS) is 11.3. The summed E-state index contributed by atoms with van der Waals surface area (Å²) >= 11 is 0. The Hall–Kier alpha value is -1.28. The van der Waals surface area contributed by atoms with E-state index in [0.29, 0.717) is 0 Å². The van der Waals surface area contributed by atoms with Gasteiger partial charge in [-0.15, -0.1) is 0 Å². The van der Waals surface area contributed by atoms with E-state index in [1.807, 2.05) is 6.08 Å². The molecule has 74 valence electrons. The standard InChI is InChI=1S/C12H16OSi/c1-4-5-9-13-14-12-8-6-7-10(2)11(12)3/h4-9H,1,14H2,2-3H3. The Bertz CT molecular complexity index is 342. The van der Waals surface area contributed by atoms with Crippen molar-refractivity contribution in [2.75, 3.05) is 0 Å². The summed E-state index contributed by atoms with van der Waals surface area (Å²) in [6.45, 7) is 7.87. The van der Waals surface area contributed by atoms with Crippen LogP contribution in [-0.2, 0) is 4.43 Å². The lowest BCUT2D eigenvalue weighted by atomic mass is 10.1. The van der Waals surface area contributed by atoms with Gasteiger partial charge in [0.2, 0.25) is 0 Å². The van der Waals surface area contributed by atoms with Gasteiger partial charge in [0.1, 0.15) is 0 Å². The molecule has 0 aromatic heterocycles. The predicted octanol–water partition coefficient (Wildman–Crippen LogP) is 1.73. The van der Waals surface area contributed by atoms with Gasteiger partial charge in [0.25, 0.3) is 9.76 Å². The van der Waals surface area contributed by atoms with Gasteiger partial charge in [0, 0.05) is 0 Å². The van der Waals surface area contributed by atoms with Crippen LogP contribution in [0.1, 0.15) is 11.1 Å². The van der Waals surface area contributed by atoms with E-state index in [0.717, 1.165) is 0 Å². The Morgan fingerprint density at radius 3 is 2.86 bits per heavy atom. The second kappa shape index (κ2) is 5.45. The summed E-state index contributed by atoms with van der Waals surface area (Å²) in [4.78, 5) is 0. The van der Waals surface area contributed by atoms with Gasteiger partial charge >= 0.3 is 0 Å². The molecule has 1 rings (SSSR count). The van der Waals surface area contributed by atoms with E-state index in [2.05, 4.69) is 38.6 Å². The molecule has 0 aliphatic rings. The zero-order valence-electron chi connectivity index (χ0n) is 8.79. The van der Waals surface area contributed by atoms with Gasteiger partial charge in [-0.25, -0.2) is 0 Å². The van der Waals surface area contributed by atoms with Crippen LogP contribution in [-0.4, -0.2) is 9.76 Å². The largest absolute Gasteiger partial charge is 0.550 e. The fourth-order valence-corrected chi connectivity index (χ4v) is 2.33. The van der Waals surface area contributed by atoms with Crippen LogP contribution in [0.3, 0.4) is 0 Å². The summed E-state index contributed by atoms with van der Waals surface area (Å²) in [7, 11) is -0.617. The van der Waals surface area contributed by atoms with Gasteiger partial charge in [-0.1, -0.05) is 30.9 Å². The Morgan fingerprint density at radius 1 is 1.36 bits per heavy atom.